The summed E-state index contributed by atoms with van der Waals surface area (Å²) in [6, 6.07) is 4.84. The number of carbonyl (C=O) groups is 1. The number of carbonyl (C=O) groups excluding carboxylic acids is 1. The number of fused-ring (bicyclic) bond motifs is 1. The Labute approximate surface area is 179 Å². The van der Waals surface area contributed by atoms with E-state index in [0.29, 0.717) is 15.6 Å². The van der Waals surface area contributed by atoms with Gasteiger partial charge in [0.2, 0.25) is 11.9 Å². The number of H-pyrrole nitrogens is 1. The number of halogens is 2. The van der Waals surface area contributed by atoms with E-state index in [9.17, 15) is 19.8 Å². The molecule has 0 radical (unpaired) electrons. The van der Waals surface area contributed by atoms with Gasteiger partial charge in [-0.2, -0.15) is 4.98 Å². The highest BCUT2D eigenvalue weighted by molar-refractivity contribution is 6.42. The van der Waals surface area contributed by atoms with Crippen molar-refractivity contribution in [1.29, 1.82) is 0 Å². The van der Waals surface area contributed by atoms with Crippen LogP contribution in [0.1, 0.15) is 18.2 Å². The van der Waals surface area contributed by atoms with Crippen LogP contribution in [0.2, 0.25) is 10.0 Å². The second-order valence-electron chi connectivity index (χ2n) is 6.83. The van der Waals surface area contributed by atoms with Gasteiger partial charge < -0.3 is 14.9 Å². The van der Waals surface area contributed by atoms with Crippen molar-refractivity contribution in [3.63, 3.8) is 0 Å². The van der Waals surface area contributed by atoms with E-state index >= 15 is 0 Å². The molecular weight excluding hydrogens is 437 g/mol. The molecule has 1 aliphatic rings. The molecule has 0 unspecified atom stereocenters. The number of hydrogen-bond acceptors (Lipinski definition) is 7. The highest BCUT2D eigenvalue weighted by Gasteiger charge is 2.35. The van der Waals surface area contributed by atoms with Gasteiger partial charge in [0, 0.05) is 6.42 Å². The van der Waals surface area contributed by atoms with E-state index < -0.39 is 29.9 Å². The first kappa shape index (κ1) is 20.8. The number of aromatic amines is 1. The Morgan fingerprint density at radius 1 is 1.37 bits per heavy atom. The number of benzene rings is 1. The number of aromatic nitrogens is 4. The van der Waals surface area contributed by atoms with E-state index in [2.05, 4.69) is 20.3 Å². The van der Waals surface area contributed by atoms with Gasteiger partial charge in [0.15, 0.2) is 11.2 Å². The summed E-state index contributed by atoms with van der Waals surface area (Å²) in [7, 11) is 0. The van der Waals surface area contributed by atoms with Crippen LogP contribution in [0.25, 0.3) is 11.2 Å². The minimum absolute atomic E-state index is 0.00595. The van der Waals surface area contributed by atoms with Gasteiger partial charge in [-0.3, -0.25) is 24.5 Å². The lowest BCUT2D eigenvalue weighted by molar-refractivity contribution is -0.115. The molecule has 1 aromatic carbocycles. The molecular formula is C18H17Cl2N5O5. The molecule has 0 saturated carbocycles. The maximum atomic E-state index is 12.4. The quantitative estimate of drug-likeness (QED) is 0.455. The van der Waals surface area contributed by atoms with Crippen LogP contribution in [-0.4, -0.2) is 54.5 Å². The monoisotopic (exact) mass is 453 g/mol. The zero-order valence-electron chi connectivity index (χ0n) is 15.4. The van der Waals surface area contributed by atoms with Crippen LogP contribution in [0, 0.1) is 0 Å². The molecule has 3 atom stereocenters. The molecule has 1 saturated heterocycles. The Kier molecular flexibility index (Phi) is 5.76. The summed E-state index contributed by atoms with van der Waals surface area (Å²) < 4.78 is 7.08. The van der Waals surface area contributed by atoms with Crippen molar-refractivity contribution in [2.75, 3.05) is 11.9 Å². The predicted molar refractivity (Wildman–Crippen MR) is 109 cm³/mol. The molecule has 30 heavy (non-hydrogen) atoms. The van der Waals surface area contributed by atoms with Crippen LogP contribution in [0.3, 0.4) is 0 Å². The van der Waals surface area contributed by atoms with Crippen LogP contribution >= 0.6 is 23.2 Å². The minimum atomic E-state index is -0.857. The Bertz CT molecular complexity index is 1160. The number of aliphatic hydroxyl groups is 2. The third-order valence-corrected chi connectivity index (χ3v) is 5.47. The van der Waals surface area contributed by atoms with E-state index in [1.807, 2.05) is 0 Å². The van der Waals surface area contributed by atoms with Crippen molar-refractivity contribution in [3.05, 3.63) is 50.5 Å². The number of amides is 1. The molecule has 158 valence electrons. The van der Waals surface area contributed by atoms with Gasteiger partial charge in [-0.25, -0.2) is 4.98 Å². The average Bonchev–Trinajstić information content (AvgIpc) is 3.28. The van der Waals surface area contributed by atoms with Crippen molar-refractivity contribution in [1.82, 2.24) is 19.5 Å². The zero-order valence-corrected chi connectivity index (χ0v) is 16.9. The molecule has 4 N–H and O–H groups in total. The molecule has 0 bridgehead atoms. The summed E-state index contributed by atoms with van der Waals surface area (Å²) in [5, 5.41) is 22.5. The normalized spacial score (nSPS) is 21.3. The average molecular weight is 454 g/mol. The molecule has 3 aromatic rings. The fraction of sp³-hybridized carbons (Fsp3) is 0.333. The van der Waals surface area contributed by atoms with Crippen LogP contribution in [-0.2, 0) is 16.0 Å². The lowest BCUT2D eigenvalue weighted by Gasteiger charge is -2.13. The smallest absolute Gasteiger partial charge is 0.280 e. The Hall–Kier alpha value is -2.50. The second kappa shape index (κ2) is 8.32. The van der Waals surface area contributed by atoms with E-state index in [-0.39, 0.29) is 36.6 Å². The number of nitrogens with one attached hydrogen (secondary N) is 2. The zero-order chi connectivity index (χ0) is 21.4. The number of rotatable bonds is 5. The lowest BCUT2D eigenvalue weighted by Crippen LogP contribution is -2.24. The second-order valence-corrected chi connectivity index (χ2v) is 7.64. The molecule has 3 heterocycles. The minimum Gasteiger partial charge on any atom is -0.394 e. The molecule has 1 amide bonds. The van der Waals surface area contributed by atoms with Gasteiger partial charge in [-0.15, -0.1) is 0 Å². The number of ether oxygens (including phenoxy) is 1. The van der Waals surface area contributed by atoms with Gasteiger partial charge in [0.25, 0.3) is 5.56 Å². The van der Waals surface area contributed by atoms with Gasteiger partial charge in [-0.05, 0) is 17.7 Å². The van der Waals surface area contributed by atoms with Crippen molar-refractivity contribution in [2.45, 2.75) is 31.3 Å². The largest absolute Gasteiger partial charge is 0.394 e. The molecule has 4 rings (SSSR count). The van der Waals surface area contributed by atoms with Crippen LogP contribution < -0.4 is 10.9 Å². The van der Waals surface area contributed by atoms with Crippen LogP contribution in [0.15, 0.2) is 29.3 Å². The molecule has 12 heteroatoms. The van der Waals surface area contributed by atoms with Gasteiger partial charge in [0.05, 0.1) is 35.5 Å². The van der Waals surface area contributed by atoms with E-state index in [4.69, 9.17) is 27.9 Å². The van der Waals surface area contributed by atoms with E-state index in [1.165, 1.54) is 10.9 Å². The predicted octanol–water partition coefficient (Wildman–Crippen LogP) is 1.25. The van der Waals surface area contributed by atoms with Crippen molar-refractivity contribution in [3.8, 4) is 0 Å². The fourth-order valence-electron chi connectivity index (χ4n) is 3.26. The summed E-state index contributed by atoms with van der Waals surface area (Å²) in [4.78, 5) is 35.5. The van der Waals surface area contributed by atoms with Crippen molar-refractivity contribution < 1.29 is 19.7 Å². The first-order chi connectivity index (χ1) is 14.4. The highest BCUT2D eigenvalue weighted by Crippen LogP contribution is 2.30. The van der Waals surface area contributed by atoms with E-state index in [0.717, 1.165) is 0 Å². The topological polar surface area (TPSA) is 142 Å². The third kappa shape index (κ3) is 4.05. The highest BCUT2D eigenvalue weighted by atomic mass is 35.5. The number of anilines is 1. The molecule has 1 fully saturated rings. The standard InChI is InChI=1S/C18H17Cl2N5O5/c19-9-2-1-8(3-10(9)20)4-13(28)22-18-23-16-15(17(29)24-18)21-7-25(16)14-5-11(27)12(6-26)30-14/h1-3,7,11-12,14,26-27H,4-6H2,(H2,22,23,24,28,29)/t11-,12+,14+/m0/s1. The number of aliphatic hydroxyl groups excluding tert-OH is 2. The summed E-state index contributed by atoms with van der Waals surface area (Å²) in [5.41, 5.74) is 0.335. The summed E-state index contributed by atoms with van der Waals surface area (Å²) >= 11 is 11.8. The molecule has 1 aliphatic heterocycles. The Morgan fingerprint density at radius 3 is 2.87 bits per heavy atom. The molecule has 0 spiro atoms. The van der Waals surface area contributed by atoms with E-state index in [1.54, 1.807) is 18.2 Å². The first-order valence-corrected chi connectivity index (χ1v) is 9.76. The maximum absolute atomic E-state index is 12.4. The summed E-state index contributed by atoms with van der Waals surface area (Å²) in [5.74, 6) is -0.480. The lowest BCUT2D eigenvalue weighted by atomic mass is 10.1. The van der Waals surface area contributed by atoms with Crippen LogP contribution in [0.5, 0.6) is 0 Å². The SMILES string of the molecule is O=C(Cc1ccc(Cl)c(Cl)c1)Nc1nc2c(ncn2[C@H]2C[C@H](O)[C@@H](CO)O2)c(=O)[nH]1. The number of imidazole rings is 1. The Balaban J connectivity index is 1.57. The fourth-order valence-corrected chi connectivity index (χ4v) is 3.58. The van der Waals surface area contributed by atoms with Crippen LogP contribution in [0.4, 0.5) is 5.95 Å². The first-order valence-electron chi connectivity index (χ1n) is 9.00. The third-order valence-electron chi connectivity index (χ3n) is 4.73. The number of hydrogen-bond donors (Lipinski definition) is 4. The Morgan fingerprint density at radius 2 is 2.17 bits per heavy atom. The molecule has 2 aromatic heterocycles. The summed E-state index contributed by atoms with van der Waals surface area (Å²) in [6.45, 7) is -0.339. The van der Waals surface area contributed by atoms with Gasteiger partial charge >= 0.3 is 0 Å². The van der Waals surface area contributed by atoms with Crippen molar-refractivity contribution in [2.24, 2.45) is 0 Å². The number of nitrogens with zero attached hydrogens (tertiary/aromatic N) is 3. The maximum Gasteiger partial charge on any atom is 0.280 e. The van der Waals surface area contributed by atoms with Gasteiger partial charge in [0.1, 0.15) is 12.3 Å². The molecule has 10 nitrogen and oxygen atoms in total. The summed E-state index contributed by atoms with van der Waals surface area (Å²) in [6.07, 6.45) is -0.690. The van der Waals surface area contributed by atoms with Crippen molar-refractivity contribution >= 4 is 46.2 Å². The molecule has 0 aliphatic carbocycles. The van der Waals surface area contributed by atoms with Gasteiger partial charge in [-0.1, -0.05) is 29.3 Å².